The Morgan fingerprint density at radius 2 is 1.95 bits per heavy atom. The molecule has 0 spiro atoms. The molecule has 1 amide bonds. The molecule has 0 radical (unpaired) electrons. The lowest BCUT2D eigenvalue weighted by Gasteiger charge is -2.19. The predicted molar refractivity (Wildman–Crippen MR) is 82.0 cm³/mol. The minimum Gasteiger partial charge on any atom is -0.355 e. The van der Waals surface area contributed by atoms with Crippen molar-refractivity contribution in [2.45, 2.75) is 32.7 Å². The zero-order chi connectivity index (χ0) is 15.7. The lowest BCUT2D eigenvalue weighted by molar-refractivity contribution is -0.121. The van der Waals surface area contributed by atoms with Crippen molar-refractivity contribution in [3.05, 3.63) is 30.1 Å². The van der Waals surface area contributed by atoms with E-state index in [4.69, 9.17) is 0 Å². The minimum atomic E-state index is -3.44. The number of nitrogens with one attached hydrogen (secondary N) is 1. The van der Waals surface area contributed by atoms with Crippen molar-refractivity contribution in [3.8, 4) is 0 Å². The molecule has 21 heavy (non-hydrogen) atoms. The van der Waals surface area contributed by atoms with E-state index in [1.807, 2.05) is 0 Å². The molecule has 0 atom stereocenters. The quantitative estimate of drug-likeness (QED) is 0.694. The second-order valence-corrected chi connectivity index (χ2v) is 6.93. The van der Waals surface area contributed by atoms with Gasteiger partial charge in [-0.3, -0.25) is 9.78 Å². The van der Waals surface area contributed by atoms with Crippen LogP contribution in [0.4, 0.5) is 0 Å². The molecule has 0 aliphatic heterocycles. The Morgan fingerprint density at radius 1 is 1.29 bits per heavy atom. The maximum Gasteiger partial charge on any atom is 0.235 e. The molecule has 0 aliphatic rings. The molecule has 1 aromatic rings. The third-order valence-corrected chi connectivity index (χ3v) is 4.20. The van der Waals surface area contributed by atoms with Crippen molar-refractivity contribution >= 4 is 15.9 Å². The summed E-state index contributed by atoms with van der Waals surface area (Å²) in [6.45, 7) is 2.68. The number of pyridine rings is 1. The molecule has 0 unspecified atom stereocenters. The van der Waals surface area contributed by atoms with E-state index in [1.165, 1.54) is 0 Å². The van der Waals surface area contributed by atoms with Gasteiger partial charge in [-0.15, -0.1) is 0 Å². The van der Waals surface area contributed by atoms with Crippen LogP contribution in [0.1, 0.15) is 31.7 Å². The molecular formula is C14H23N3O3S. The van der Waals surface area contributed by atoms with E-state index >= 15 is 0 Å². The third-order valence-electron chi connectivity index (χ3n) is 3.00. The first-order valence-corrected chi connectivity index (χ1v) is 8.89. The Balaban J connectivity index is 2.57. The molecule has 7 heteroatoms. The van der Waals surface area contributed by atoms with Crippen LogP contribution >= 0.6 is 0 Å². The minimum absolute atomic E-state index is 0.159. The van der Waals surface area contributed by atoms with E-state index in [0.717, 1.165) is 35.4 Å². The molecule has 0 fully saturated rings. The monoisotopic (exact) mass is 313 g/mol. The van der Waals surface area contributed by atoms with Crippen LogP contribution in [0.15, 0.2) is 24.5 Å². The Morgan fingerprint density at radius 3 is 2.52 bits per heavy atom. The SMILES string of the molecule is CCCCCNC(=O)CN(Cc1ccncc1)S(C)(=O)=O. The Labute approximate surface area is 126 Å². The summed E-state index contributed by atoms with van der Waals surface area (Å²) in [5.41, 5.74) is 0.800. The van der Waals surface area contributed by atoms with Gasteiger partial charge in [0, 0.05) is 25.5 Å². The van der Waals surface area contributed by atoms with Crippen LogP contribution in [-0.4, -0.2) is 43.0 Å². The van der Waals surface area contributed by atoms with E-state index in [-0.39, 0.29) is 19.0 Å². The maximum absolute atomic E-state index is 11.8. The summed E-state index contributed by atoms with van der Waals surface area (Å²) in [7, 11) is -3.44. The second-order valence-electron chi connectivity index (χ2n) is 4.94. The van der Waals surface area contributed by atoms with Crippen molar-refractivity contribution in [1.82, 2.24) is 14.6 Å². The van der Waals surface area contributed by atoms with Gasteiger partial charge in [0.2, 0.25) is 15.9 Å². The smallest absolute Gasteiger partial charge is 0.235 e. The molecule has 1 heterocycles. The number of hydrogen-bond donors (Lipinski definition) is 1. The van der Waals surface area contributed by atoms with Crippen molar-refractivity contribution in [2.24, 2.45) is 0 Å². The first-order valence-electron chi connectivity index (χ1n) is 7.04. The fourth-order valence-electron chi connectivity index (χ4n) is 1.80. The van der Waals surface area contributed by atoms with E-state index in [2.05, 4.69) is 17.2 Å². The number of sulfonamides is 1. The zero-order valence-electron chi connectivity index (χ0n) is 12.6. The van der Waals surface area contributed by atoms with E-state index in [0.29, 0.717) is 6.54 Å². The van der Waals surface area contributed by atoms with E-state index in [9.17, 15) is 13.2 Å². The zero-order valence-corrected chi connectivity index (χ0v) is 13.4. The van der Waals surface area contributed by atoms with Gasteiger partial charge in [-0.1, -0.05) is 19.8 Å². The molecule has 118 valence electrons. The summed E-state index contributed by atoms with van der Waals surface area (Å²) in [5, 5.41) is 2.75. The summed E-state index contributed by atoms with van der Waals surface area (Å²) >= 11 is 0. The summed E-state index contributed by atoms with van der Waals surface area (Å²) in [6.07, 6.45) is 7.34. The molecule has 0 bridgehead atoms. The van der Waals surface area contributed by atoms with Crippen LogP contribution < -0.4 is 5.32 Å². The van der Waals surface area contributed by atoms with Crippen LogP contribution in [0.2, 0.25) is 0 Å². The lowest BCUT2D eigenvalue weighted by Crippen LogP contribution is -2.40. The Bertz CT molecular complexity index is 532. The largest absolute Gasteiger partial charge is 0.355 e. The molecule has 0 aromatic carbocycles. The molecule has 0 saturated heterocycles. The van der Waals surface area contributed by atoms with Crippen LogP contribution in [-0.2, 0) is 21.4 Å². The normalized spacial score (nSPS) is 11.6. The second kappa shape index (κ2) is 8.74. The first kappa shape index (κ1) is 17.6. The number of carbonyl (C=O) groups excluding carboxylic acids is 1. The van der Waals surface area contributed by atoms with Crippen LogP contribution in [0.5, 0.6) is 0 Å². The number of amides is 1. The molecule has 0 aliphatic carbocycles. The van der Waals surface area contributed by atoms with E-state index in [1.54, 1.807) is 24.5 Å². The number of aromatic nitrogens is 1. The highest BCUT2D eigenvalue weighted by atomic mass is 32.2. The van der Waals surface area contributed by atoms with Crippen LogP contribution in [0.3, 0.4) is 0 Å². The third kappa shape index (κ3) is 7.19. The predicted octanol–water partition coefficient (Wildman–Crippen LogP) is 1.15. The highest BCUT2D eigenvalue weighted by Gasteiger charge is 2.20. The first-order chi connectivity index (χ1) is 9.93. The van der Waals surface area contributed by atoms with Gasteiger partial charge in [0.15, 0.2) is 0 Å². The van der Waals surface area contributed by atoms with Crippen molar-refractivity contribution < 1.29 is 13.2 Å². The highest BCUT2D eigenvalue weighted by Crippen LogP contribution is 2.07. The van der Waals surface area contributed by atoms with Gasteiger partial charge in [0.05, 0.1) is 12.8 Å². The molecule has 1 aromatic heterocycles. The molecule has 6 nitrogen and oxygen atoms in total. The van der Waals surface area contributed by atoms with Crippen LogP contribution in [0, 0.1) is 0 Å². The Hall–Kier alpha value is -1.47. The fourth-order valence-corrected chi connectivity index (χ4v) is 2.54. The number of rotatable bonds is 9. The molecule has 0 saturated carbocycles. The number of unbranched alkanes of at least 4 members (excludes halogenated alkanes) is 2. The average molecular weight is 313 g/mol. The van der Waals surface area contributed by atoms with Gasteiger partial charge in [0.25, 0.3) is 0 Å². The highest BCUT2D eigenvalue weighted by molar-refractivity contribution is 7.88. The molecule has 1 N–H and O–H groups in total. The summed E-state index contributed by atoms with van der Waals surface area (Å²) in [6, 6.07) is 3.47. The topological polar surface area (TPSA) is 79.4 Å². The van der Waals surface area contributed by atoms with Gasteiger partial charge in [-0.25, -0.2) is 8.42 Å². The van der Waals surface area contributed by atoms with Gasteiger partial charge in [-0.2, -0.15) is 4.31 Å². The standard InChI is InChI=1S/C14H23N3O3S/c1-3-4-5-8-16-14(18)12-17(21(2,19)20)11-13-6-9-15-10-7-13/h6-7,9-10H,3-5,8,11-12H2,1-2H3,(H,16,18). The number of carbonyl (C=O) groups is 1. The number of nitrogens with zero attached hydrogens (tertiary/aromatic N) is 2. The lowest BCUT2D eigenvalue weighted by atomic mass is 10.2. The Kier molecular flexibility index (Phi) is 7.31. The average Bonchev–Trinajstić information content (AvgIpc) is 2.43. The number of hydrogen-bond acceptors (Lipinski definition) is 4. The summed E-state index contributed by atoms with van der Waals surface area (Å²) < 4.78 is 24.7. The summed E-state index contributed by atoms with van der Waals surface area (Å²) in [5.74, 6) is -0.273. The van der Waals surface area contributed by atoms with Crippen molar-refractivity contribution in [1.29, 1.82) is 0 Å². The fraction of sp³-hybridized carbons (Fsp3) is 0.571. The van der Waals surface area contributed by atoms with Gasteiger partial charge in [-0.05, 0) is 24.1 Å². The van der Waals surface area contributed by atoms with Crippen molar-refractivity contribution in [3.63, 3.8) is 0 Å². The van der Waals surface area contributed by atoms with Gasteiger partial charge < -0.3 is 5.32 Å². The van der Waals surface area contributed by atoms with E-state index < -0.39 is 10.0 Å². The summed E-state index contributed by atoms with van der Waals surface area (Å²) in [4.78, 5) is 15.7. The van der Waals surface area contributed by atoms with Crippen molar-refractivity contribution in [2.75, 3.05) is 19.3 Å². The molecular weight excluding hydrogens is 290 g/mol. The van der Waals surface area contributed by atoms with Gasteiger partial charge in [0.1, 0.15) is 0 Å². The van der Waals surface area contributed by atoms with Crippen LogP contribution in [0.25, 0.3) is 0 Å². The van der Waals surface area contributed by atoms with Gasteiger partial charge >= 0.3 is 0 Å². The maximum atomic E-state index is 11.8. The molecule has 1 rings (SSSR count).